The second kappa shape index (κ2) is 6.34. The van der Waals surface area contributed by atoms with Gasteiger partial charge in [-0.2, -0.15) is 0 Å². The van der Waals surface area contributed by atoms with Gasteiger partial charge in [0.15, 0.2) is 0 Å². The van der Waals surface area contributed by atoms with Gasteiger partial charge in [-0.05, 0) is 42.7 Å². The van der Waals surface area contributed by atoms with Crippen molar-refractivity contribution < 1.29 is 18.1 Å². The first kappa shape index (κ1) is 17.5. The summed E-state index contributed by atoms with van der Waals surface area (Å²) in [5.74, 6) is 0.0337. The Balaban J connectivity index is 1.66. The number of amides is 1. The van der Waals surface area contributed by atoms with Crippen molar-refractivity contribution in [2.45, 2.75) is 24.2 Å². The Morgan fingerprint density at radius 3 is 2.37 bits per heavy atom. The van der Waals surface area contributed by atoms with Crippen molar-refractivity contribution in [2.24, 2.45) is 0 Å². The van der Waals surface area contributed by atoms with Gasteiger partial charge in [-0.3, -0.25) is 19.2 Å². The van der Waals surface area contributed by atoms with Gasteiger partial charge >= 0.3 is 0 Å². The molecule has 0 aromatic heterocycles. The number of fused-ring (bicyclic) bond motifs is 1. The van der Waals surface area contributed by atoms with E-state index in [9.17, 15) is 23.3 Å². The largest absolute Gasteiger partial charge is 0.312 e. The lowest BCUT2D eigenvalue weighted by Crippen LogP contribution is -2.29. The normalized spacial score (nSPS) is 16.7. The predicted molar refractivity (Wildman–Crippen MR) is 99.4 cm³/mol. The third-order valence-electron chi connectivity index (χ3n) is 4.94. The quantitative estimate of drug-likeness (QED) is 0.592. The van der Waals surface area contributed by atoms with E-state index < -0.39 is 14.9 Å². The van der Waals surface area contributed by atoms with Gasteiger partial charge in [0.1, 0.15) is 0 Å². The van der Waals surface area contributed by atoms with Crippen molar-refractivity contribution in [3.63, 3.8) is 0 Å². The number of carbonyl (C=O) groups is 1. The van der Waals surface area contributed by atoms with Crippen LogP contribution in [0.5, 0.6) is 0 Å². The number of non-ortho nitro benzene ring substituents is 1. The monoisotopic (exact) mass is 387 g/mol. The average molecular weight is 387 g/mol. The van der Waals surface area contributed by atoms with Crippen LogP contribution >= 0.6 is 0 Å². The SMILES string of the molecule is O=C1CCCN1c1ccc(S(=O)(=O)N2CCc3ccc([N+](=O)[O-])cc32)cc1. The maximum atomic E-state index is 13.1. The maximum Gasteiger partial charge on any atom is 0.271 e. The maximum absolute atomic E-state index is 13.1. The van der Waals surface area contributed by atoms with E-state index in [-0.39, 0.29) is 23.0 Å². The van der Waals surface area contributed by atoms with Crippen molar-refractivity contribution in [3.05, 3.63) is 58.1 Å². The number of rotatable bonds is 4. The van der Waals surface area contributed by atoms with Crippen LogP contribution in [0.4, 0.5) is 17.1 Å². The molecule has 0 radical (unpaired) electrons. The first-order valence-electron chi connectivity index (χ1n) is 8.58. The third-order valence-corrected chi connectivity index (χ3v) is 6.77. The van der Waals surface area contributed by atoms with Crippen LogP contribution in [0.1, 0.15) is 18.4 Å². The minimum Gasteiger partial charge on any atom is -0.312 e. The Labute approximate surface area is 156 Å². The highest BCUT2D eigenvalue weighted by Crippen LogP contribution is 2.36. The summed E-state index contributed by atoms with van der Waals surface area (Å²) in [5, 5.41) is 11.0. The molecule has 1 amide bonds. The molecule has 2 aliphatic heterocycles. The molecule has 0 spiro atoms. The number of nitrogens with zero attached hydrogens (tertiary/aromatic N) is 3. The molecule has 2 heterocycles. The molecule has 1 saturated heterocycles. The second-order valence-electron chi connectivity index (χ2n) is 6.54. The summed E-state index contributed by atoms with van der Waals surface area (Å²) < 4.78 is 27.3. The minimum absolute atomic E-state index is 0.0337. The molecule has 0 aliphatic carbocycles. The minimum atomic E-state index is -3.84. The van der Waals surface area contributed by atoms with E-state index in [0.29, 0.717) is 30.8 Å². The summed E-state index contributed by atoms with van der Waals surface area (Å²) >= 11 is 0. The third kappa shape index (κ3) is 2.93. The zero-order valence-corrected chi connectivity index (χ0v) is 15.2. The average Bonchev–Trinajstić information content (AvgIpc) is 3.27. The van der Waals surface area contributed by atoms with Crippen LogP contribution in [0.25, 0.3) is 0 Å². The Hall–Kier alpha value is -2.94. The van der Waals surface area contributed by atoms with Crippen molar-refractivity contribution in [3.8, 4) is 0 Å². The lowest BCUT2D eigenvalue weighted by Gasteiger charge is -2.20. The number of anilines is 2. The van der Waals surface area contributed by atoms with Crippen LogP contribution in [-0.2, 0) is 21.2 Å². The van der Waals surface area contributed by atoms with Crippen molar-refractivity contribution in [2.75, 3.05) is 22.3 Å². The number of benzene rings is 2. The van der Waals surface area contributed by atoms with E-state index in [1.165, 1.54) is 28.6 Å². The molecule has 27 heavy (non-hydrogen) atoms. The topological polar surface area (TPSA) is 101 Å². The number of sulfonamides is 1. The summed E-state index contributed by atoms with van der Waals surface area (Å²) in [6.07, 6.45) is 1.80. The predicted octanol–water partition coefficient (Wildman–Crippen LogP) is 2.47. The van der Waals surface area contributed by atoms with Gasteiger partial charge in [0.05, 0.1) is 15.5 Å². The molecule has 8 nitrogen and oxygen atoms in total. The highest BCUT2D eigenvalue weighted by Gasteiger charge is 2.32. The van der Waals surface area contributed by atoms with E-state index in [1.54, 1.807) is 23.1 Å². The fourth-order valence-electron chi connectivity index (χ4n) is 3.55. The molecule has 1 fully saturated rings. The molecule has 2 aliphatic rings. The van der Waals surface area contributed by atoms with Crippen LogP contribution in [0.2, 0.25) is 0 Å². The summed E-state index contributed by atoms with van der Waals surface area (Å²) in [6.45, 7) is 0.874. The van der Waals surface area contributed by atoms with E-state index in [2.05, 4.69) is 0 Å². The Morgan fingerprint density at radius 1 is 1.00 bits per heavy atom. The molecule has 140 valence electrons. The van der Waals surface area contributed by atoms with E-state index in [4.69, 9.17) is 0 Å². The van der Waals surface area contributed by atoms with E-state index >= 15 is 0 Å². The standard InChI is InChI=1S/C18H17N3O5S/c22-18-2-1-10-19(18)14-5-7-16(8-6-14)27(25,26)20-11-9-13-3-4-15(21(23)24)12-17(13)20/h3-8,12H,1-2,9-11H2. The van der Waals surface area contributed by atoms with Gasteiger partial charge in [-0.25, -0.2) is 8.42 Å². The Bertz CT molecular complexity index is 1030. The van der Waals surface area contributed by atoms with Crippen molar-refractivity contribution in [1.29, 1.82) is 0 Å². The molecule has 0 atom stereocenters. The van der Waals surface area contributed by atoms with Crippen LogP contribution < -0.4 is 9.21 Å². The van der Waals surface area contributed by atoms with Gasteiger partial charge in [-0.15, -0.1) is 0 Å². The summed E-state index contributed by atoms with van der Waals surface area (Å²) in [5.41, 5.74) is 1.65. The van der Waals surface area contributed by atoms with Crippen molar-refractivity contribution in [1.82, 2.24) is 0 Å². The molecular weight excluding hydrogens is 370 g/mol. The summed E-state index contributed by atoms with van der Waals surface area (Å²) in [6, 6.07) is 10.5. The summed E-state index contributed by atoms with van der Waals surface area (Å²) in [7, 11) is -3.84. The number of hydrogen-bond acceptors (Lipinski definition) is 5. The Morgan fingerprint density at radius 2 is 1.74 bits per heavy atom. The second-order valence-corrected chi connectivity index (χ2v) is 8.40. The van der Waals surface area contributed by atoms with Gasteiger partial charge < -0.3 is 4.90 Å². The van der Waals surface area contributed by atoms with Gasteiger partial charge in [0.25, 0.3) is 15.7 Å². The molecule has 9 heteroatoms. The molecule has 0 unspecified atom stereocenters. The zero-order valence-electron chi connectivity index (χ0n) is 14.4. The number of nitro groups is 1. The molecule has 0 saturated carbocycles. The lowest BCUT2D eigenvalue weighted by molar-refractivity contribution is -0.384. The fourth-order valence-corrected chi connectivity index (χ4v) is 5.04. The molecule has 4 rings (SSSR count). The highest BCUT2D eigenvalue weighted by molar-refractivity contribution is 7.92. The first-order chi connectivity index (χ1) is 12.9. The van der Waals surface area contributed by atoms with Crippen LogP contribution in [0.15, 0.2) is 47.4 Å². The molecule has 0 bridgehead atoms. The fraction of sp³-hybridized carbons (Fsp3) is 0.278. The smallest absolute Gasteiger partial charge is 0.271 e. The van der Waals surface area contributed by atoms with Crippen LogP contribution in [-0.4, -0.2) is 32.3 Å². The van der Waals surface area contributed by atoms with E-state index in [0.717, 1.165) is 12.0 Å². The summed E-state index contributed by atoms with van der Waals surface area (Å²) in [4.78, 5) is 24.1. The van der Waals surface area contributed by atoms with Crippen LogP contribution in [0, 0.1) is 10.1 Å². The molecule has 2 aromatic carbocycles. The zero-order chi connectivity index (χ0) is 19.2. The number of nitro benzene ring substituents is 1. The Kier molecular flexibility index (Phi) is 4.11. The molecular formula is C18H17N3O5S. The van der Waals surface area contributed by atoms with Gasteiger partial charge in [0, 0.05) is 37.3 Å². The van der Waals surface area contributed by atoms with Crippen LogP contribution in [0.3, 0.4) is 0 Å². The number of carbonyl (C=O) groups excluding carboxylic acids is 1. The van der Waals surface area contributed by atoms with Gasteiger partial charge in [0.2, 0.25) is 5.91 Å². The highest BCUT2D eigenvalue weighted by atomic mass is 32.2. The molecule has 0 N–H and O–H groups in total. The van der Waals surface area contributed by atoms with Gasteiger partial charge in [-0.1, -0.05) is 6.07 Å². The van der Waals surface area contributed by atoms with E-state index in [1.807, 2.05) is 0 Å². The lowest BCUT2D eigenvalue weighted by atomic mass is 10.1. The molecule has 2 aromatic rings. The first-order valence-corrected chi connectivity index (χ1v) is 10.0. The number of hydrogen-bond donors (Lipinski definition) is 0. The van der Waals surface area contributed by atoms with Crippen molar-refractivity contribution >= 4 is 33.0 Å².